The number of carbonyl (C=O) groups is 1. The number of thiophene rings is 1. The van der Waals surface area contributed by atoms with Crippen LogP contribution in [0, 0.1) is 0 Å². The minimum atomic E-state index is -3.44. The summed E-state index contributed by atoms with van der Waals surface area (Å²) in [6, 6.07) is 9.98. The maximum atomic E-state index is 12.0. The van der Waals surface area contributed by atoms with Crippen LogP contribution in [-0.2, 0) is 16.6 Å². The summed E-state index contributed by atoms with van der Waals surface area (Å²) in [5, 5.41) is 3.11. The molecule has 0 saturated heterocycles. The third-order valence-electron chi connectivity index (χ3n) is 2.91. The van der Waals surface area contributed by atoms with Crippen molar-refractivity contribution in [2.45, 2.75) is 10.8 Å². The van der Waals surface area contributed by atoms with Crippen LogP contribution >= 0.6 is 22.9 Å². The van der Waals surface area contributed by atoms with E-state index in [1.54, 1.807) is 30.3 Å². The SMILES string of the molecule is CN(C)S(=O)(=O)c1ccc(CNC(=O)c2ccccc2Cl)s1. The molecule has 1 aromatic heterocycles. The number of nitrogens with one attached hydrogen (secondary N) is 1. The molecule has 118 valence electrons. The van der Waals surface area contributed by atoms with Gasteiger partial charge in [-0.3, -0.25) is 4.79 Å². The molecule has 1 amide bonds. The number of sulfonamides is 1. The third kappa shape index (κ3) is 3.67. The highest BCUT2D eigenvalue weighted by atomic mass is 35.5. The van der Waals surface area contributed by atoms with Gasteiger partial charge < -0.3 is 5.32 Å². The Labute approximate surface area is 138 Å². The minimum Gasteiger partial charge on any atom is -0.347 e. The van der Waals surface area contributed by atoms with E-state index in [0.717, 1.165) is 20.5 Å². The molecule has 1 aromatic carbocycles. The number of hydrogen-bond acceptors (Lipinski definition) is 4. The maximum absolute atomic E-state index is 12.0. The largest absolute Gasteiger partial charge is 0.347 e. The Morgan fingerprint density at radius 2 is 1.91 bits per heavy atom. The van der Waals surface area contributed by atoms with Gasteiger partial charge in [-0.1, -0.05) is 23.7 Å². The summed E-state index contributed by atoms with van der Waals surface area (Å²) in [6.07, 6.45) is 0. The van der Waals surface area contributed by atoms with Crippen LogP contribution in [-0.4, -0.2) is 32.7 Å². The average molecular weight is 359 g/mol. The molecule has 1 heterocycles. The van der Waals surface area contributed by atoms with Crippen LogP contribution in [0.3, 0.4) is 0 Å². The molecule has 8 heteroatoms. The quantitative estimate of drug-likeness (QED) is 0.893. The lowest BCUT2D eigenvalue weighted by atomic mass is 10.2. The van der Waals surface area contributed by atoms with E-state index in [2.05, 4.69) is 5.32 Å². The predicted molar refractivity (Wildman–Crippen MR) is 87.8 cm³/mol. The van der Waals surface area contributed by atoms with E-state index in [4.69, 9.17) is 11.6 Å². The van der Waals surface area contributed by atoms with E-state index in [0.29, 0.717) is 10.6 Å². The van der Waals surface area contributed by atoms with Gasteiger partial charge in [0.15, 0.2) is 0 Å². The van der Waals surface area contributed by atoms with Crippen molar-refractivity contribution in [2.75, 3.05) is 14.1 Å². The smallest absolute Gasteiger partial charge is 0.253 e. The van der Waals surface area contributed by atoms with Crippen LogP contribution in [0.1, 0.15) is 15.2 Å². The molecule has 0 fully saturated rings. The summed E-state index contributed by atoms with van der Waals surface area (Å²) in [6.45, 7) is 0.248. The van der Waals surface area contributed by atoms with Gasteiger partial charge in [0.1, 0.15) is 4.21 Å². The maximum Gasteiger partial charge on any atom is 0.253 e. The normalized spacial score (nSPS) is 11.6. The second-order valence-electron chi connectivity index (χ2n) is 4.67. The molecule has 0 aliphatic rings. The first-order valence-corrected chi connectivity index (χ1v) is 9.00. The van der Waals surface area contributed by atoms with Gasteiger partial charge in [0.05, 0.1) is 17.1 Å². The first-order valence-electron chi connectivity index (χ1n) is 6.36. The number of hydrogen-bond donors (Lipinski definition) is 1. The van der Waals surface area contributed by atoms with E-state index >= 15 is 0 Å². The Balaban J connectivity index is 2.06. The van der Waals surface area contributed by atoms with Gasteiger partial charge >= 0.3 is 0 Å². The average Bonchev–Trinajstić information content (AvgIpc) is 2.94. The highest BCUT2D eigenvalue weighted by Crippen LogP contribution is 2.23. The van der Waals surface area contributed by atoms with Gasteiger partial charge in [-0.05, 0) is 24.3 Å². The summed E-state index contributed by atoms with van der Waals surface area (Å²) in [5.74, 6) is -0.295. The van der Waals surface area contributed by atoms with Crippen molar-refractivity contribution in [3.63, 3.8) is 0 Å². The van der Waals surface area contributed by atoms with Crippen LogP contribution in [0.15, 0.2) is 40.6 Å². The lowest BCUT2D eigenvalue weighted by molar-refractivity contribution is 0.0951. The number of carbonyl (C=O) groups excluding carboxylic acids is 1. The summed E-state index contributed by atoms with van der Waals surface area (Å²) in [5.41, 5.74) is 0.391. The number of rotatable bonds is 5. The lowest BCUT2D eigenvalue weighted by Crippen LogP contribution is -2.22. The number of halogens is 1. The van der Waals surface area contributed by atoms with Gasteiger partial charge in [0.2, 0.25) is 0 Å². The molecule has 0 aliphatic heterocycles. The van der Waals surface area contributed by atoms with E-state index in [1.807, 2.05) is 0 Å². The second-order valence-corrected chi connectivity index (χ2v) is 8.62. The van der Waals surface area contributed by atoms with Gasteiger partial charge in [-0.25, -0.2) is 12.7 Å². The minimum absolute atomic E-state index is 0.248. The Morgan fingerprint density at radius 3 is 2.55 bits per heavy atom. The third-order valence-corrected chi connectivity index (χ3v) is 6.61. The number of nitrogens with zero attached hydrogens (tertiary/aromatic N) is 1. The fraction of sp³-hybridized carbons (Fsp3) is 0.214. The summed E-state index contributed by atoms with van der Waals surface area (Å²) >= 11 is 7.09. The molecule has 0 bridgehead atoms. The zero-order valence-corrected chi connectivity index (χ0v) is 14.4. The van der Waals surface area contributed by atoms with Gasteiger partial charge in [-0.2, -0.15) is 0 Å². The van der Waals surface area contributed by atoms with Gasteiger partial charge in [0, 0.05) is 19.0 Å². The second kappa shape index (κ2) is 6.78. The topological polar surface area (TPSA) is 66.5 Å². The molecular weight excluding hydrogens is 344 g/mol. The molecule has 0 unspecified atom stereocenters. The van der Waals surface area contributed by atoms with Crippen molar-refractivity contribution in [1.29, 1.82) is 0 Å². The van der Waals surface area contributed by atoms with Crippen LogP contribution < -0.4 is 5.32 Å². The zero-order chi connectivity index (χ0) is 16.3. The Kier molecular flexibility index (Phi) is 5.23. The molecule has 5 nitrogen and oxygen atoms in total. The molecule has 0 atom stereocenters. The molecule has 0 aliphatic carbocycles. The van der Waals surface area contributed by atoms with Crippen LogP contribution in [0.2, 0.25) is 5.02 Å². The fourth-order valence-corrected chi connectivity index (χ4v) is 4.37. The molecule has 0 saturated carbocycles. The van der Waals surface area contributed by atoms with Gasteiger partial charge in [0.25, 0.3) is 15.9 Å². The Hall–Kier alpha value is -1.41. The monoisotopic (exact) mass is 358 g/mol. The van der Waals surface area contributed by atoms with Crippen LogP contribution in [0.5, 0.6) is 0 Å². The predicted octanol–water partition coefficient (Wildman–Crippen LogP) is 2.58. The molecule has 22 heavy (non-hydrogen) atoms. The highest BCUT2D eigenvalue weighted by molar-refractivity contribution is 7.91. The lowest BCUT2D eigenvalue weighted by Gasteiger charge is -2.08. The number of amides is 1. The summed E-state index contributed by atoms with van der Waals surface area (Å²) < 4.78 is 25.4. The van der Waals surface area contributed by atoms with Crippen molar-refractivity contribution in [1.82, 2.24) is 9.62 Å². The van der Waals surface area contributed by atoms with E-state index in [9.17, 15) is 13.2 Å². The molecule has 2 aromatic rings. The van der Waals surface area contributed by atoms with E-state index < -0.39 is 10.0 Å². The fourth-order valence-electron chi connectivity index (χ4n) is 1.68. The molecule has 1 N–H and O–H groups in total. The highest BCUT2D eigenvalue weighted by Gasteiger charge is 2.19. The first kappa shape index (κ1) is 17.0. The van der Waals surface area contributed by atoms with Crippen molar-refractivity contribution in [3.8, 4) is 0 Å². The molecule has 0 radical (unpaired) electrons. The Morgan fingerprint density at radius 1 is 1.23 bits per heavy atom. The van der Waals surface area contributed by atoms with Crippen molar-refractivity contribution in [2.24, 2.45) is 0 Å². The van der Waals surface area contributed by atoms with E-state index in [1.165, 1.54) is 20.2 Å². The van der Waals surface area contributed by atoms with E-state index in [-0.39, 0.29) is 16.7 Å². The van der Waals surface area contributed by atoms with Crippen LogP contribution in [0.4, 0.5) is 0 Å². The summed E-state index contributed by atoms with van der Waals surface area (Å²) in [4.78, 5) is 12.8. The number of benzene rings is 1. The molecule has 2 rings (SSSR count). The van der Waals surface area contributed by atoms with Crippen molar-refractivity contribution in [3.05, 3.63) is 51.9 Å². The van der Waals surface area contributed by atoms with Crippen LogP contribution in [0.25, 0.3) is 0 Å². The standard InChI is InChI=1S/C14H15ClN2O3S2/c1-17(2)22(19,20)13-8-7-10(21-13)9-16-14(18)11-5-3-4-6-12(11)15/h3-8H,9H2,1-2H3,(H,16,18). The molecular formula is C14H15ClN2O3S2. The van der Waals surface area contributed by atoms with Crippen molar-refractivity contribution < 1.29 is 13.2 Å². The van der Waals surface area contributed by atoms with Gasteiger partial charge in [-0.15, -0.1) is 11.3 Å². The summed E-state index contributed by atoms with van der Waals surface area (Å²) in [7, 11) is -0.475. The first-order chi connectivity index (χ1) is 10.3. The zero-order valence-electron chi connectivity index (χ0n) is 12.0. The molecule has 0 spiro atoms. The van der Waals surface area contributed by atoms with Crippen molar-refractivity contribution >= 4 is 38.9 Å². The Bertz CT molecular complexity index is 785.